The van der Waals surface area contributed by atoms with Crippen molar-refractivity contribution >= 4 is 11.5 Å². The monoisotopic (exact) mass is 277 g/mol. The summed E-state index contributed by atoms with van der Waals surface area (Å²) in [6.45, 7) is 0.792. The van der Waals surface area contributed by atoms with Gasteiger partial charge >= 0.3 is 0 Å². The molecule has 2 atom stereocenters. The Labute approximate surface area is 113 Å². The number of nitriles is 1. The van der Waals surface area contributed by atoms with Crippen molar-refractivity contribution in [3.8, 4) is 6.07 Å². The molecule has 3 heterocycles. The number of hydrogen-bond acceptors (Lipinski definition) is 6. The fraction of sp³-hybridized carbons (Fsp3) is 0.417. The van der Waals surface area contributed by atoms with E-state index in [1.165, 1.54) is 10.7 Å². The molecule has 2 N–H and O–H groups in total. The van der Waals surface area contributed by atoms with Gasteiger partial charge in [-0.1, -0.05) is 0 Å². The summed E-state index contributed by atoms with van der Waals surface area (Å²) in [4.78, 5) is 4.00. The Morgan fingerprint density at radius 1 is 1.60 bits per heavy atom. The number of rotatable bonds is 2. The summed E-state index contributed by atoms with van der Waals surface area (Å²) in [7, 11) is 0. The van der Waals surface area contributed by atoms with Crippen LogP contribution in [0.1, 0.15) is 12.1 Å². The molecule has 1 aliphatic heterocycles. The highest BCUT2D eigenvalue weighted by Gasteiger charge is 2.24. The molecule has 3 rings (SSSR count). The topological polar surface area (TPSA) is 95.5 Å². The summed E-state index contributed by atoms with van der Waals surface area (Å²) < 4.78 is 19.8. The lowest BCUT2D eigenvalue weighted by Gasteiger charge is -2.28. The number of hydrogen-bond donors (Lipinski definition) is 2. The largest absolute Gasteiger partial charge is 0.389 e. The molecule has 104 valence electrons. The number of ether oxygens (including phenoxy) is 1. The van der Waals surface area contributed by atoms with Crippen LogP contribution in [0.25, 0.3) is 5.52 Å². The maximum absolute atomic E-state index is 13.5. The van der Waals surface area contributed by atoms with Crippen LogP contribution in [0.3, 0.4) is 0 Å². The van der Waals surface area contributed by atoms with Gasteiger partial charge in [0.1, 0.15) is 17.3 Å². The minimum Gasteiger partial charge on any atom is -0.389 e. The molecule has 1 fully saturated rings. The minimum absolute atomic E-state index is 0.0930. The zero-order valence-corrected chi connectivity index (χ0v) is 10.5. The van der Waals surface area contributed by atoms with Crippen molar-refractivity contribution in [3.63, 3.8) is 0 Å². The van der Waals surface area contributed by atoms with Gasteiger partial charge in [0, 0.05) is 12.7 Å². The van der Waals surface area contributed by atoms with E-state index in [0.29, 0.717) is 13.0 Å². The Morgan fingerprint density at radius 2 is 2.45 bits per heavy atom. The van der Waals surface area contributed by atoms with Gasteiger partial charge in [-0.3, -0.25) is 0 Å². The van der Waals surface area contributed by atoms with Gasteiger partial charge in [0.05, 0.1) is 24.9 Å². The molecule has 0 spiro atoms. The normalized spacial score (nSPS) is 22.6. The number of aromatic nitrogens is 3. The summed E-state index contributed by atoms with van der Waals surface area (Å²) in [5.41, 5.74) is 0.232. The first-order chi connectivity index (χ1) is 9.69. The van der Waals surface area contributed by atoms with E-state index in [1.54, 1.807) is 0 Å². The first-order valence-corrected chi connectivity index (χ1v) is 6.16. The zero-order chi connectivity index (χ0) is 14.1. The molecule has 2 aromatic rings. The molecule has 7 nitrogen and oxygen atoms in total. The average molecular weight is 277 g/mol. The Morgan fingerprint density at radius 3 is 3.20 bits per heavy atom. The summed E-state index contributed by atoms with van der Waals surface area (Å²) in [5.74, 6) is -0.310. The Balaban J connectivity index is 1.91. The van der Waals surface area contributed by atoms with Gasteiger partial charge in [-0.05, 0) is 6.42 Å². The molecular weight excluding hydrogens is 265 g/mol. The molecule has 2 aromatic heterocycles. The van der Waals surface area contributed by atoms with Gasteiger partial charge in [0.2, 0.25) is 5.95 Å². The first-order valence-electron chi connectivity index (χ1n) is 6.16. The highest BCUT2D eigenvalue weighted by Crippen LogP contribution is 2.16. The van der Waals surface area contributed by atoms with Crippen molar-refractivity contribution in [3.05, 3.63) is 23.8 Å². The van der Waals surface area contributed by atoms with E-state index in [-0.39, 0.29) is 29.8 Å². The van der Waals surface area contributed by atoms with Crippen LogP contribution in [-0.4, -0.2) is 45.1 Å². The summed E-state index contributed by atoms with van der Waals surface area (Å²) in [5, 5.41) is 25.8. The second-order valence-electron chi connectivity index (χ2n) is 4.55. The number of nitrogens with one attached hydrogen (secondary N) is 1. The molecular formula is C12H12FN5O2. The van der Waals surface area contributed by atoms with Crippen LogP contribution in [0.4, 0.5) is 10.3 Å². The van der Waals surface area contributed by atoms with Crippen molar-refractivity contribution in [2.24, 2.45) is 0 Å². The number of halogens is 1. The van der Waals surface area contributed by atoms with E-state index in [1.807, 2.05) is 6.07 Å². The second-order valence-corrected chi connectivity index (χ2v) is 4.55. The summed E-state index contributed by atoms with van der Waals surface area (Å²) in [6, 6.07) is 2.74. The Kier molecular flexibility index (Phi) is 3.22. The van der Waals surface area contributed by atoms with Crippen LogP contribution >= 0.6 is 0 Å². The highest BCUT2D eigenvalue weighted by molar-refractivity contribution is 5.52. The van der Waals surface area contributed by atoms with E-state index >= 15 is 0 Å². The minimum atomic E-state index is -0.653. The molecule has 0 aromatic carbocycles. The van der Waals surface area contributed by atoms with Crippen molar-refractivity contribution in [1.82, 2.24) is 14.6 Å². The number of fused-ring (bicyclic) bond motifs is 1. The van der Waals surface area contributed by atoms with Gasteiger partial charge < -0.3 is 15.2 Å². The third-order valence-corrected chi connectivity index (χ3v) is 3.22. The lowest BCUT2D eigenvalue weighted by Crippen LogP contribution is -2.42. The molecule has 0 radical (unpaired) electrons. The lowest BCUT2D eigenvalue weighted by molar-refractivity contribution is -0.0136. The van der Waals surface area contributed by atoms with Crippen molar-refractivity contribution < 1.29 is 14.2 Å². The lowest BCUT2D eigenvalue weighted by atomic mass is 10.1. The maximum atomic E-state index is 13.5. The summed E-state index contributed by atoms with van der Waals surface area (Å²) >= 11 is 0. The molecule has 0 unspecified atom stereocenters. The molecule has 0 aliphatic carbocycles. The molecule has 1 saturated heterocycles. The van der Waals surface area contributed by atoms with Crippen LogP contribution in [-0.2, 0) is 4.74 Å². The third kappa shape index (κ3) is 2.17. The predicted molar refractivity (Wildman–Crippen MR) is 66.5 cm³/mol. The van der Waals surface area contributed by atoms with Crippen molar-refractivity contribution in [2.75, 3.05) is 18.5 Å². The maximum Gasteiger partial charge on any atom is 0.241 e. The van der Waals surface area contributed by atoms with Crippen LogP contribution in [0.15, 0.2) is 12.3 Å². The van der Waals surface area contributed by atoms with Crippen LogP contribution in [0.2, 0.25) is 0 Å². The van der Waals surface area contributed by atoms with Gasteiger partial charge in [-0.15, -0.1) is 5.10 Å². The van der Waals surface area contributed by atoms with E-state index in [9.17, 15) is 9.50 Å². The van der Waals surface area contributed by atoms with Crippen molar-refractivity contribution in [2.45, 2.75) is 18.6 Å². The molecule has 0 bridgehead atoms. The average Bonchev–Trinajstić information content (AvgIpc) is 2.78. The van der Waals surface area contributed by atoms with Crippen LogP contribution in [0.5, 0.6) is 0 Å². The van der Waals surface area contributed by atoms with E-state index in [2.05, 4.69) is 15.4 Å². The van der Waals surface area contributed by atoms with Gasteiger partial charge in [-0.2, -0.15) is 5.26 Å². The quantitative estimate of drug-likeness (QED) is 0.819. The molecule has 1 aliphatic rings. The van der Waals surface area contributed by atoms with E-state index in [4.69, 9.17) is 10.00 Å². The number of nitrogens with zero attached hydrogens (tertiary/aromatic N) is 4. The van der Waals surface area contributed by atoms with E-state index < -0.39 is 11.9 Å². The van der Waals surface area contributed by atoms with Gasteiger partial charge in [0.15, 0.2) is 5.82 Å². The van der Waals surface area contributed by atoms with Gasteiger partial charge in [-0.25, -0.2) is 13.9 Å². The zero-order valence-electron chi connectivity index (χ0n) is 10.5. The van der Waals surface area contributed by atoms with Crippen LogP contribution < -0.4 is 5.32 Å². The SMILES string of the molecule is N#Cc1cc(F)c2cnc(N[C@@H]3CCOC[C@H]3O)nn12. The summed E-state index contributed by atoms with van der Waals surface area (Å²) in [6.07, 6.45) is 1.27. The predicted octanol–water partition coefficient (Wildman–Crippen LogP) is 0.302. The number of aliphatic hydroxyl groups excluding tert-OH is 1. The highest BCUT2D eigenvalue weighted by atomic mass is 19.1. The first kappa shape index (κ1) is 12.8. The molecule has 0 amide bonds. The van der Waals surface area contributed by atoms with E-state index in [0.717, 1.165) is 6.07 Å². The Bertz CT molecular complexity index is 680. The Hall–Kier alpha value is -2.24. The third-order valence-electron chi connectivity index (χ3n) is 3.22. The molecule has 20 heavy (non-hydrogen) atoms. The fourth-order valence-electron chi connectivity index (χ4n) is 2.16. The fourth-order valence-corrected chi connectivity index (χ4v) is 2.16. The van der Waals surface area contributed by atoms with Crippen molar-refractivity contribution in [1.29, 1.82) is 5.26 Å². The second kappa shape index (κ2) is 5.03. The molecule has 0 saturated carbocycles. The van der Waals surface area contributed by atoms with Gasteiger partial charge in [0.25, 0.3) is 0 Å². The number of anilines is 1. The standard InChI is InChI=1S/C12H12FN5O2/c13-8-3-7(4-14)18-10(8)5-15-12(17-18)16-9-1-2-20-6-11(9)19/h3,5,9,11,19H,1-2,6H2,(H,16,17)/t9-,11-/m1/s1. The van der Waals surface area contributed by atoms with Crippen LogP contribution in [0, 0.1) is 17.1 Å². The molecule has 8 heteroatoms. The number of aliphatic hydroxyl groups is 1. The smallest absolute Gasteiger partial charge is 0.241 e.